The molecule has 4 heteroatoms. The Morgan fingerprint density at radius 2 is 2.24 bits per heavy atom. The first-order valence-electron chi connectivity index (χ1n) is 7.69. The molecule has 0 spiro atoms. The van der Waals surface area contributed by atoms with Gasteiger partial charge >= 0.3 is 0 Å². The summed E-state index contributed by atoms with van der Waals surface area (Å²) in [5, 5.41) is 4.63. The van der Waals surface area contributed by atoms with E-state index in [1.54, 1.807) is 7.11 Å². The van der Waals surface area contributed by atoms with Crippen LogP contribution >= 0.6 is 0 Å². The minimum Gasteiger partial charge on any atom is -0.493 e. The molecule has 0 aliphatic heterocycles. The molecular formula is C17H24N2O2. The Morgan fingerprint density at radius 3 is 2.95 bits per heavy atom. The van der Waals surface area contributed by atoms with Crippen molar-refractivity contribution in [1.29, 1.82) is 0 Å². The van der Waals surface area contributed by atoms with Crippen molar-refractivity contribution in [3.05, 3.63) is 30.0 Å². The van der Waals surface area contributed by atoms with Crippen LogP contribution in [0, 0.1) is 0 Å². The number of methoxy groups -OCH3 is 1. The van der Waals surface area contributed by atoms with Crippen LogP contribution in [0.4, 0.5) is 0 Å². The molecule has 0 bridgehead atoms. The van der Waals surface area contributed by atoms with Crippen LogP contribution in [0.1, 0.15) is 31.6 Å². The van der Waals surface area contributed by atoms with Crippen LogP contribution < -0.4 is 10.1 Å². The lowest BCUT2D eigenvalue weighted by molar-refractivity contribution is 0.311. The molecule has 1 unspecified atom stereocenters. The van der Waals surface area contributed by atoms with Crippen molar-refractivity contribution in [3.63, 3.8) is 0 Å². The maximum atomic E-state index is 5.97. The summed E-state index contributed by atoms with van der Waals surface area (Å²) in [4.78, 5) is 2.43. The standard InChI is InChI=1S/C17H24N2O2/c1-12(18-9-10-19(2)14-7-8-14)16-11-13-5-4-6-15(20-3)17(13)21-16/h4-6,11-12,14,18H,7-10H2,1-3H3. The van der Waals surface area contributed by atoms with E-state index >= 15 is 0 Å². The number of nitrogens with one attached hydrogen (secondary N) is 1. The number of nitrogens with zero attached hydrogens (tertiary/aromatic N) is 1. The lowest BCUT2D eigenvalue weighted by Crippen LogP contribution is -2.31. The Kier molecular flexibility index (Phi) is 4.17. The molecular weight excluding hydrogens is 264 g/mol. The fourth-order valence-electron chi connectivity index (χ4n) is 2.69. The van der Waals surface area contributed by atoms with Gasteiger partial charge in [0.1, 0.15) is 5.76 Å². The zero-order chi connectivity index (χ0) is 14.8. The Bertz CT molecular complexity index is 604. The van der Waals surface area contributed by atoms with Crippen molar-refractivity contribution in [1.82, 2.24) is 10.2 Å². The molecule has 1 fully saturated rings. The quantitative estimate of drug-likeness (QED) is 0.849. The van der Waals surface area contributed by atoms with Gasteiger partial charge in [0.25, 0.3) is 0 Å². The fourth-order valence-corrected chi connectivity index (χ4v) is 2.69. The van der Waals surface area contributed by atoms with E-state index in [-0.39, 0.29) is 6.04 Å². The molecule has 0 radical (unpaired) electrons. The molecule has 3 rings (SSSR count). The summed E-state index contributed by atoms with van der Waals surface area (Å²) in [5.74, 6) is 1.75. The van der Waals surface area contributed by atoms with Gasteiger partial charge in [0, 0.05) is 24.5 Å². The largest absolute Gasteiger partial charge is 0.493 e. The van der Waals surface area contributed by atoms with Crippen molar-refractivity contribution in [2.45, 2.75) is 31.8 Å². The maximum absolute atomic E-state index is 5.97. The van der Waals surface area contributed by atoms with Crippen LogP contribution in [0.2, 0.25) is 0 Å². The van der Waals surface area contributed by atoms with E-state index in [9.17, 15) is 0 Å². The second kappa shape index (κ2) is 6.08. The third kappa shape index (κ3) is 3.22. The molecule has 1 aliphatic carbocycles. The van der Waals surface area contributed by atoms with Crippen LogP contribution in [0.15, 0.2) is 28.7 Å². The van der Waals surface area contributed by atoms with Crippen LogP contribution in [-0.4, -0.2) is 38.2 Å². The topological polar surface area (TPSA) is 37.6 Å². The highest BCUT2D eigenvalue weighted by Crippen LogP contribution is 2.30. The molecule has 4 nitrogen and oxygen atoms in total. The van der Waals surface area contributed by atoms with Gasteiger partial charge in [-0.15, -0.1) is 0 Å². The number of hydrogen-bond acceptors (Lipinski definition) is 4. The van der Waals surface area contributed by atoms with E-state index in [2.05, 4.69) is 36.3 Å². The average Bonchev–Trinajstić information content (AvgIpc) is 3.25. The summed E-state index contributed by atoms with van der Waals surface area (Å²) in [5.41, 5.74) is 0.832. The van der Waals surface area contributed by atoms with Gasteiger partial charge in [0.2, 0.25) is 0 Å². The number of hydrogen-bond donors (Lipinski definition) is 1. The Labute approximate surface area is 126 Å². The molecule has 1 saturated carbocycles. The lowest BCUT2D eigenvalue weighted by Gasteiger charge is -2.17. The summed E-state index contributed by atoms with van der Waals surface area (Å²) >= 11 is 0. The van der Waals surface area contributed by atoms with E-state index in [1.807, 2.05) is 12.1 Å². The Hall–Kier alpha value is -1.52. The lowest BCUT2D eigenvalue weighted by atomic mass is 10.2. The molecule has 114 valence electrons. The number of furan rings is 1. The molecule has 1 atom stereocenters. The van der Waals surface area contributed by atoms with Crippen LogP contribution in [0.25, 0.3) is 11.0 Å². The van der Waals surface area contributed by atoms with Crippen LogP contribution in [0.3, 0.4) is 0 Å². The van der Waals surface area contributed by atoms with E-state index in [0.717, 1.165) is 41.6 Å². The third-order valence-electron chi connectivity index (χ3n) is 4.26. The van der Waals surface area contributed by atoms with Gasteiger partial charge in [-0.1, -0.05) is 12.1 Å². The highest BCUT2D eigenvalue weighted by Gasteiger charge is 2.25. The summed E-state index contributed by atoms with van der Waals surface area (Å²) in [6.45, 7) is 4.20. The molecule has 0 saturated heterocycles. The number of ether oxygens (including phenoxy) is 1. The van der Waals surface area contributed by atoms with Crippen molar-refractivity contribution < 1.29 is 9.15 Å². The van der Waals surface area contributed by atoms with Crippen molar-refractivity contribution >= 4 is 11.0 Å². The van der Waals surface area contributed by atoms with E-state index in [1.165, 1.54) is 12.8 Å². The SMILES string of the molecule is COc1cccc2cc(C(C)NCCN(C)C3CC3)oc12. The van der Waals surface area contributed by atoms with Crippen LogP contribution in [0.5, 0.6) is 5.75 Å². The first-order chi connectivity index (χ1) is 10.2. The smallest absolute Gasteiger partial charge is 0.176 e. The molecule has 1 aliphatic rings. The first-order valence-corrected chi connectivity index (χ1v) is 7.69. The molecule has 2 aromatic rings. The zero-order valence-electron chi connectivity index (χ0n) is 13.1. The first kappa shape index (κ1) is 14.4. The normalized spacial score (nSPS) is 16.6. The molecule has 0 amide bonds. The van der Waals surface area contributed by atoms with Gasteiger partial charge in [0.15, 0.2) is 11.3 Å². The molecule has 1 N–H and O–H groups in total. The van der Waals surface area contributed by atoms with Gasteiger partial charge in [0.05, 0.1) is 13.2 Å². The highest BCUT2D eigenvalue weighted by atomic mass is 16.5. The van der Waals surface area contributed by atoms with Crippen molar-refractivity contribution in [3.8, 4) is 5.75 Å². The van der Waals surface area contributed by atoms with Crippen molar-refractivity contribution in [2.24, 2.45) is 0 Å². The summed E-state index contributed by atoms with van der Waals surface area (Å²) in [6, 6.07) is 9.09. The van der Waals surface area contributed by atoms with Crippen molar-refractivity contribution in [2.75, 3.05) is 27.2 Å². The van der Waals surface area contributed by atoms with Gasteiger partial charge in [-0.2, -0.15) is 0 Å². The van der Waals surface area contributed by atoms with Gasteiger partial charge in [-0.05, 0) is 38.9 Å². The van der Waals surface area contributed by atoms with E-state index in [4.69, 9.17) is 9.15 Å². The highest BCUT2D eigenvalue weighted by molar-refractivity contribution is 5.83. The number of fused-ring (bicyclic) bond motifs is 1. The number of benzene rings is 1. The van der Waals surface area contributed by atoms with E-state index in [0.29, 0.717) is 0 Å². The minimum atomic E-state index is 0.203. The Balaban J connectivity index is 1.62. The Morgan fingerprint density at radius 1 is 1.43 bits per heavy atom. The summed E-state index contributed by atoms with van der Waals surface area (Å²) in [6.07, 6.45) is 2.71. The monoisotopic (exact) mass is 288 g/mol. The van der Waals surface area contributed by atoms with Gasteiger partial charge in [-0.3, -0.25) is 0 Å². The zero-order valence-corrected chi connectivity index (χ0v) is 13.1. The molecule has 1 heterocycles. The predicted molar refractivity (Wildman–Crippen MR) is 84.8 cm³/mol. The molecule has 1 aromatic carbocycles. The average molecular weight is 288 g/mol. The van der Waals surface area contributed by atoms with E-state index < -0.39 is 0 Å². The fraction of sp³-hybridized carbons (Fsp3) is 0.529. The molecule has 21 heavy (non-hydrogen) atoms. The number of para-hydroxylation sites is 1. The number of rotatable bonds is 7. The third-order valence-corrected chi connectivity index (χ3v) is 4.26. The second-order valence-corrected chi connectivity index (χ2v) is 5.91. The molecule has 1 aromatic heterocycles. The van der Waals surface area contributed by atoms with Gasteiger partial charge < -0.3 is 19.4 Å². The number of likely N-dealkylation sites (N-methyl/N-ethyl adjacent to an activating group) is 1. The second-order valence-electron chi connectivity index (χ2n) is 5.91. The summed E-state index contributed by atoms with van der Waals surface area (Å²) in [7, 11) is 3.88. The minimum absolute atomic E-state index is 0.203. The maximum Gasteiger partial charge on any atom is 0.176 e. The van der Waals surface area contributed by atoms with Crippen LogP contribution in [-0.2, 0) is 0 Å². The predicted octanol–water partition coefficient (Wildman–Crippen LogP) is 3.19. The summed E-state index contributed by atoms with van der Waals surface area (Å²) < 4.78 is 11.3. The van der Waals surface area contributed by atoms with Gasteiger partial charge in [-0.25, -0.2) is 0 Å².